The van der Waals surface area contributed by atoms with Gasteiger partial charge in [-0.25, -0.2) is 0 Å². The van der Waals surface area contributed by atoms with Crippen LogP contribution >= 0.6 is 0 Å². The van der Waals surface area contributed by atoms with Crippen molar-refractivity contribution in [2.24, 2.45) is 11.5 Å². The number of unbranched alkanes of at least 4 members (excludes halogenated alkanes) is 1. The van der Waals surface area contributed by atoms with E-state index < -0.39 is 11.4 Å². The Kier molecular flexibility index (Phi) is 4.11. The van der Waals surface area contributed by atoms with Gasteiger partial charge in [-0.2, -0.15) is 0 Å². The number of carbonyl (C=O) groups excluding carboxylic acids is 1. The van der Waals surface area contributed by atoms with E-state index in [4.69, 9.17) is 11.5 Å². The fourth-order valence-electron chi connectivity index (χ4n) is 1.67. The molecule has 88 valence electrons. The summed E-state index contributed by atoms with van der Waals surface area (Å²) in [6, 6.07) is 0.811. The van der Waals surface area contributed by atoms with Crippen LogP contribution in [0.3, 0.4) is 0 Å². The molecule has 1 unspecified atom stereocenters. The molecule has 1 fully saturated rings. The Morgan fingerprint density at radius 2 is 2.07 bits per heavy atom. The van der Waals surface area contributed by atoms with E-state index in [0.717, 1.165) is 25.4 Å². The molecule has 1 aliphatic rings. The van der Waals surface area contributed by atoms with Crippen LogP contribution in [0.2, 0.25) is 0 Å². The van der Waals surface area contributed by atoms with E-state index in [1.54, 1.807) is 6.92 Å². The summed E-state index contributed by atoms with van der Waals surface area (Å²) in [5, 5.41) is 0. The third-order valence-electron chi connectivity index (χ3n) is 3.19. The third kappa shape index (κ3) is 4.18. The predicted octanol–water partition coefficient (Wildman–Crippen LogP) is 0.454. The van der Waals surface area contributed by atoms with Gasteiger partial charge in [0, 0.05) is 6.04 Å². The van der Waals surface area contributed by atoms with Crippen molar-refractivity contribution in [3.8, 4) is 0 Å². The number of nitrogens with zero attached hydrogens (tertiary/aromatic N) is 1. The van der Waals surface area contributed by atoms with Crippen molar-refractivity contribution < 1.29 is 4.79 Å². The Morgan fingerprint density at radius 3 is 2.53 bits per heavy atom. The van der Waals surface area contributed by atoms with Crippen LogP contribution in [0.4, 0.5) is 0 Å². The maximum atomic E-state index is 11.0. The Labute approximate surface area is 92.0 Å². The molecule has 4 nitrogen and oxygen atoms in total. The second-order valence-electron chi connectivity index (χ2n) is 4.95. The number of rotatable bonds is 7. The summed E-state index contributed by atoms with van der Waals surface area (Å²) < 4.78 is 0. The smallest absolute Gasteiger partial charge is 0.237 e. The fourth-order valence-corrected chi connectivity index (χ4v) is 1.67. The lowest BCUT2D eigenvalue weighted by molar-refractivity contribution is -0.122. The third-order valence-corrected chi connectivity index (χ3v) is 3.19. The lowest BCUT2D eigenvalue weighted by atomic mass is 9.95. The summed E-state index contributed by atoms with van der Waals surface area (Å²) in [6.07, 6.45) is 5.42. The molecular formula is C11H23N3O. The van der Waals surface area contributed by atoms with Crippen molar-refractivity contribution in [2.75, 3.05) is 13.6 Å². The van der Waals surface area contributed by atoms with Crippen LogP contribution < -0.4 is 11.5 Å². The van der Waals surface area contributed by atoms with Crippen molar-refractivity contribution in [3.63, 3.8) is 0 Å². The maximum absolute atomic E-state index is 11.0. The average Bonchev–Trinajstić information content (AvgIpc) is 2.94. The summed E-state index contributed by atoms with van der Waals surface area (Å²) in [7, 11) is 2.16. The van der Waals surface area contributed by atoms with Gasteiger partial charge in [0.15, 0.2) is 0 Å². The Hall–Kier alpha value is -0.610. The van der Waals surface area contributed by atoms with Gasteiger partial charge in [-0.15, -0.1) is 0 Å². The zero-order valence-corrected chi connectivity index (χ0v) is 9.83. The monoisotopic (exact) mass is 213 g/mol. The van der Waals surface area contributed by atoms with Crippen LogP contribution in [-0.4, -0.2) is 36.0 Å². The highest BCUT2D eigenvalue weighted by Crippen LogP contribution is 2.25. The molecule has 0 bridgehead atoms. The first-order chi connectivity index (χ1) is 6.93. The molecule has 15 heavy (non-hydrogen) atoms. The molecule has 0 aromatic heterocycles. The van der Waals surface area contributed by atoms with E-state index in [2.05, 4.69) is 11.9 Å². The predicted molar refractivity (Wildman–Crippen MR) is 61.3 cm³/mol. The van der Waals surface area contributed by atoms with Crippen LogP contribution in [0.1, 0.15) is 39.0 Å². The van der Waals surface area contributed by atoms with Gasteiger partial charge in [0.25, 0.3) is 0 Å². The molecule has 4 heteroatoms. The Morgan fingerprint density at radius 1 is 1.47 bits per heavy atom. The summed E-state index contributed by atoms with van der Waals surface area (Å²) in [4.78, 5) is 13.3. The molecular weight excluding hydrogens is 190 g/mol. The second kappa shape index (κ2) is 4.94. The molecule has 4 N–H and O–H groups in total. The van der Waals surface area contributed by atoms with Gasteiger partial charge < -0.3 is 16.4 Å². The van der Waals surface area contributed by atoms with Gasteiger partial charge in [-0.05, 0) is 52.6 Å². The zero-order chi connectivity index (χ0) is 11.5. The minimum atomic E-state index is -0.835. The standard InChI is InChI=1S/C11H23N3O/c1-11(13,10(12)15)7-3-4-8-14(2)9-5-6-9/h9H,3-8,13H2,1-2H3,(H2,12,15). The summed E-state index contributed by atoms with van der Waals surface area (Å²) in [6.45, 7) is 2.81. The fraction of sp³-hybridized carbons (Fsp3) is 0.909. The highest BCUT2D eigenvalue weighted by molar-refractivity contribution is 5.83. The minimum Gasteiger partial charge on any atom is -0.368 e. The molecule has 0 aromatic carbocycles. The molecule has 0 aromatic rings. The number of carbonyl (C=O) groups is 1. The van der Waals surface area contributed by atoms with Crippen LogP contribution in [0.15, 0.2) is 0 Å². The highest BCUT2D eigenvalue weighted by Gasteiger charge is 2.27. The van der Waals surface area contributed by atoms with Gasteiger partial charge in [-0.1, -0.05) is 0 Å². The molecule has 0 spiro atoms. The van der Waals surface area contributed by atoms with Crippen molar-refractivity contribution >= 4 is 5.91 Å². The molecule has 1 aliphatic carbocycles. The number of nitrogens with two attached hydrogens (primary N) is 2. The van der Waals surface area contributed by atoms with E-state index in [9.17, 15) is 4.79 Å². The van der Waals surface area contributed by atoms with Crippen molar-refractivity contribution in [1.82, 2.24) is 4.90 Å². The largest absolute Gasteiger partial charge is 0.368 e. The molecule has 1 rings (SSSR count). The molecule has 1 amide bonds. The Balaban J connectivity index is 2.07. The summed E-state index contributed by atoms with van der Waals surface area (Å²) >= 11 is 0. The quantitative estimate of drug-likeness (QED) is 0.603. The molecule has 1 atom stereocenters. The minimum absolute atomic E-state index is 0.405. The van der Waals surface area contributed by atoms with Crippen molar-refractivity contribution in [1.29, 1.82) is 0 Å². The SMILES string of the molecule is CN(CCCCC(C)(N)C(N)=O)C1CC1. The van der Waals surface area contributed by atoms with Crippen molar-refractivity contribution in [3.05, 3.63) is 0 Å². The average molecular weight is 213 g/mol. The number of amides is 1. The van der Waals surface area contributed by atoms with Crippen molar-refractivity contribution in [2.45, 2.75) is 50.6 Å². The van der Waals surface area contributed by atoms with Gasteiger partial charge in [0.1, 0.15) is 0 Å². The van der Waals surface area contributed by atoms with Gasteiger partial charge in [0.2, 0.25) is 5.91 Å². The van der Waals surface area contributed by atoms with Crippen LogP contribution in [0.25, 0.3) is 0 Å². The van der Waals surface area contributed by atoms with Gasteiger partial charge >= 0.3 is 0 Å². The Bertz CT molecular complexity index is 224. The second-order valence-corrected chi connectivity index (χ2v) is 4.95. The maximum Gasteiger partial charge on any atom is 0.237 e. The van der Waals surface area contributed by atoms with E-state index in [1.165, 1.54) is 12.8 Å². The number of primary amides is 1. The van der Waals surface area contributed by atoms with Crippen LogP contribution in [0.5, 0.6) is 0 Å². The number of hydrogen-bond donors (Lipinski definition) is 2. The van der Waals surface area contributed by atoms with Gasteiger partial charge in [0.05, 0.1) is 5.54 Å². The molecule has 0 radical (unpaired) electrons. The first-order valence-corrected chi connectivity index (χ1v) is 5.72. The van der Waals surface area contributed by atoms with E-state index in [0.29, 0.717) is 6.42 Å². The van der Waals surface area contributed by atoms with Crippen LogP contribution in [-0.2, 0) is 4.79 Å². The number of hydrogen-bond acceptors (Lipinski definition) is 3. The lowest BCUT2D eigenvalue weighted by Gasteiger charge is -2.21. The normalized spacial score (nSPS) is 20.3. The van der Waals surface area contributed by atoms with E-state index in [1.807, 2.05) is 0 Å². The molecule has 0 saturated heterocycles. The zero-order valence-electron chi connectivity index (χ0n) is 9.83. The summed E-state index contributed by atoms with van der Waals surface area (Å²) in [5.41, 5.74) is 10.1. The first kappa shape index (κ1) is 12.5. The van der Waals surface area contributed by atoms with Gasteiger partial charge in [-0.3, -0.25) is 4.79 Å². The summed E-state index contributed by atoms with van der Waals surface area (Å²) in [5.74, 6) is -0.405. The topological polar surface area (TPSA) is 72.3 Å². The first-order valence-electron chi connectivity index (χ1n) is 5.72. The highest BCUT2D eigenvalue weighted by atomic mass is 16.1. The van der Waals surface area contributed by atoms with E-state index in [-0.39, 0.29) is 0 Å². The molecule has 0 aliphatic heterocycles. The van der Waals surface area contributed by atoms with Crippen LogP contribution in [0, 0.1) is 0 Å². The molecule has 1 saturated carbocycles. The lowest BCUT2D eigenvalue weighted by Crippen LogP contribution is -2.49. The molecule has 0 heterocycles. The van der Waals surface area contributed by atoms with E-state index >= 15 is 0 Å².